The van der Waals surface area contributed by atoms with Crippen molar-refractivity contribution < 1.29 is 12.9 Å². The third-order valence-electron chi connectivity index (χ3n) is 2.36. The Kier molecular flexibility index (Phi) is 3.79. The number of halogens is 1. The number of sulfonamides is 1. The fraction of sp³-hybridized carbons (Fsp3) is 0.182. The van der Waals surface area contributed by atoms with Crippen LogP contribution >= 0.6 is 11.6 Å². The summed E-state index contributed by atoms with van der Waals surface area (Å²) in [5.74, 6) is 0.418. The summed E-state index contributed by atoms with van der Waals surface area (Å²) in [7, 11) is -3.75. The van der Waals surface area contributed by atoms with E-state index in [9.17, 15) is 8.42 Å². The smallest absolute Gasteiger partial charge is 0.242 e. The van der Waals surface area contributed by atoms with Gasteiger partial charge in [0.05, 0.1) is 17.3 Å². The Morgan fingerprint density at radius 1 is 1.42 bits per heavy atom. The van der Waals surface area contributed by atoms with Gasteiger partial charge >= 0.3 is 0 Å². The molecule has 102 valence electrons. The molecule has 0 atom stereocenters. The molecule has 2 aromatic rings. The second-order valence-electron chi connectivity index (χ2n) is 3.95. The van der Waals surface area contributed by atoms with Crippen molar-refractivity contribution in [2.75, 3.05) is 5.73 Å². The number of rotatable bonds is 4. The molecule has 0 radical (unpaired) electrons. The fourth-order valence-electron chi connectivity index (χ4n) is 1.47. The Morgan fingerprint density at radius 2 is 2.16 bits per heavy atom. The van der Waals surface area contributed by atoms with Crippen LogP contribution in [0.25, 0.3) is 0 Å². The number of nitrogens with zero attached hydrogens (tertiary/aromatic N) is 1. The standard InChI is InChI=1S/C11H12ClN3O3S/c1-7-4-9(18-15-7)6-14-19(16,17)11-5-8(13)2-3-10(11)12/h2-5,14H,6,13H2,1H3. The van der Waals surface area contributed by atoms with E-state index in [0.717, 1.165) is 0 Å². The van der Waals surface area contributed by atoms with E-state index in [0.29, 0.717) is 17.1 Å². The molecule has 0 saturated carbocycles. The van der Waals surface area contributed by atoms with Gasteiger partial charge in [-0.25, -0.2) is 13.1 Å². The summed E-state index contributed by atoms with van der Waals surface area (Å²) in [5.41, 5.74) is 6.55. The minimum absolute atomic E-state index is 0.00565. The average Bonchev–Trinajstić information content (AvgIpc) is 2.76. The number of aryl methyl sites for hydroxylation is 1. The molecule has 0 saturated heterocycles. The van der Waals surface area contributed by atoms with Gasteiger partial charge in [-0.15, -0.1) is 0 Å². The van der Waals surface area contributed by atoms with Gasteiger partial charge in [0, 0.05) is 11.8 Å². The van der Waals surface area contributed by atoms with E-state index in [4.69, 9.17) is 21.9 Å². The molecule has 0 bridgehead atoms. The lowest BCUT2D eigenvalue weighted by Gasteiger charge is -2.07. The maximum absolute atomic E-state index is 12.1. The van der Waals surface area contributed by atoms with Crippen molar-refractivity contribution in [1.29, 1.82) is 0 Å². The molecule has 6 nitrogen and oxygen atoms in total. The number of benzene rings is 1. The fourth-order valence-corrected chi connectivity index (χ4v) is 3.00. The molecule has 1 heterocycles. The highest BCUT2D eigenvalue weighted by atomic mass is 35.5. The van der Waals surface area contributed by atoms with Crippen molar-refractivity contribution >= 4 is 27.3 Å². The zero-order valence-corrected chi connectivity index (χ0v) is 11.6. The lowest BCUT2D eigenvalue weighted by atomic mass is 10.3. The van der Waals surface area contributed by atoms with Gasteiger partial charge in [-0.2, -0.15) is 0 Å². The van der Waals surface area contributed by atoms with Crippen molar-refractivity contribution in [3.63, 3.8) is 0 Å². The number of nitrogens with one attached hydrogen (secondary N) is 1. The molecule has 0 aliphatic heterocycles. The number of anilines is 1. The minimum atomic E-state index is -3.75. The molecule has 0 unspecified atom stereocenters. The van der Waals surface area contributed by atoms with Gasteiger partial charge in [-0.3, -0.25) is 0 Å². The maximum Gasteiger partial charge on any atom is 0.242 e. The summed E-state index contributed by atoms with van der Waals surface area (Å²) in [6.45, 7) is 1.74. The molecule has 0 aliphatic rings. The van der Waals surface area contributed by atoms with Gasteiger partial charge in [0.2, 0.25) is 10.0 Å². The van der Waals surface area contributed by atoms with Crippen molar-refractivity contribution in [1.82, 2.24) is 9.88 Å². The van der Waals surface area contributed by atoms with E-state index in [2.05, 4.69) is 9.88 Å². The summed E-state index contributed by atoms with van der Waals surface area (Å²) < 4.78 is 31.4. The molecule has 0 fully saturated rings. The van der Waals surface area contributed by atoms with Crippen LogP contribution in [0.1, 0.15) is 11.5 Å². The maximum atomic E-state index is 12.1. The van der Waals surface area contributed by atoms with Crippen LogP contribution in [0.15, 0.2) is 33.7 Å². The molecule has 0 aliphatic carbocycles. The monoisotopic (exact) mass is 301 g/mol. The third kappa shape index (κ3) is 3.25. The average molecular weight is 302 g/mol. The molecular weight excluding hydrogens is 290 g/mol. The van der Waals surface area contributed by atoms with Crippen LogP contribution in [0.3, 0.4) is 0 Å². The number of nitrogen functional groups attached to an aromatic ring is 1. The minimum Gasteiger partial charge on any atom is -0.399 e. The highest BCUT2D eigenvalue weighted by Crippen LogP contribution is 2.23. The Balaban J connectivity index is 2.20. The van der Waals surface area contributed by atoms with E-state index in [1.807, 2.05) is 0 Å². The zero-order valence-electron chi connectivity index (χ0n) is 10.1. The van der Waals surface area contributed by atoms with Crippen LogP contribution in [-0.2, 0) is 16.6 Å². The largest absolute Gasteiger partial charge is 0.399 e. The second kappa shape index (κ2) is 5.20. The molecule has 19 heavy (non-hydrogen) atoms. The molecule has 1 aromatic carbocycles. The Morgan fingerprint density at radius 3 is 2.79 bits per heavy atom. The van der Waals surface area contributed by atoms with Crippen LogP contribution in [0.2, 0.25) is 5.02 Å². The topological polar surface area (TPSA) is 98.2 Å². The van der Waals surface area contributed by atoms with Crippen LogP contribution in [-0.4, -0.2) is 13.6 Å². The highest BCUT2D eigenvalue weighted by Gasteiger charge is 2.18. The van der Waals surface area contributed by atoms with Crippen LogP contribution in [0, 0.1) is 6.92 Å². The van der Waals surface area contributed by atoms with E-state index >= 15 is 0 Å². The Bertz CT molecular complexity index is 697. The number of nitrogens with two attached hydrogens (primary N) is 1. The summed E-state index contributed by atoms with van der Waals surface area (Å²) in [6, 6.07) is 5.91. The zero-order chi connectivity index (χ0) is 14.0. The Labute approximate surface area is 115 Å². The predicted molar refractivity (Wildman–Crippen MR) is 71.1 cm³/mol. The molecule has 2 rings (SSSR count). The van der Waals surface area contributed by atoms with Gasteiger partial charge in [-0.05, 0) is 25.1 Å². The van der Waals surface area contributed by atoms with Crippen molar-refractivity contribution in [2.24, 2.45) is 0 Å². The van der Waals surface area contributed by atoms with Gasteiger partial charge in [0.25, 0.3) is 0 Å². The lowest BCUT2D eigenvalue weighted by Crippen LogP contribution is -2.23. The molecule has 1 aromatic heterocycles. The first-order chi connectivity index (χ1) is 8.88. The first-order valence-corrected chi connectivity index (χ1v) is 7.21. The van der Waals surface area contributed by atoms with E-state index in [1.54, 1.807) is 13.0 Å². The quantitative estimate of drug-likeness (QED) is 0.837. The Hall–Kier alpha value is -1.57. The number of hydrogen-bond acceptors (Lipinski definition) is 5. The summed E-state index contributed by atoms with van der Waals surface area (Å²) in [4.78, 5) is -0.0644. The lowest BCUT2D eigenvalue weighted by molar-refractivity contribution is 0.377. The van der Waals surface area contributed by atoms with Gasteiger partial charge in [-0.1, -0.05) is 16.8 Å². The predicted octanol–water partition coefficient (Wildman–Crippen LogP) is 1.70. The SMILES string of the molecule is Cc1cc(CNS(=O)(=O)c2cc(N)ccc2Cl)on1. The molecule has 0 amide bonds. The molecule has 0 spiro atoms. The molecular formula is C11H12ClN3O3S. The van der Waals surface area contributed by atoms with Crippen LogP contribution < -0.4 is 10.5 Å². The second-order valence-corrected chi connectivity index (χ2v) is 6.09. The molecule has 8 heteroatoms. The summed E-state index contributed by atoms with van der Waals surface area (Å²) in [6.07, 6.45) is 0. The van der Waals surface area contributed by atoms with E-state index in [-0.39, 0.29) is 16.5 Å². The van der Waals surface area contributed by atoms with Gasteiger partial charge in [0.15, 0.2) is 5.76 Å². The number of hydrogen-bond donors (Lipinski definition) is 2. The van der Waals surface area contributed by atoms with Crippen molar-refractivity contribution in [3.8, 4) is 0 Å². The van der Waals surface area contributed by atoms with Crippen molar-refractivity contribution in [2.45, 2.75) is 18.4 Å². The van der Waals surface area contributed by atoms with Gasteiger partial charge in [0.1, 0.15) is 4.90 Å². The van der Waals surface area contributed by atoms with Crippen LogP contribution in [0.4, 0.5) is 5.69 Å². The summed E-state index contributed by atoms with van der Waals surface area (Å²) in [5, 5.41) is 3.77. The first kappa shape index (κ1) is 13.9. The van der Waals surface area contributed by atoms with E-state index < -0.39 is 10.0 Å². The third-order valence-corrected chi connectivity index (χ3v) is 4.24. The van der Waals surface area contributed by atoms with Gasteiger partial charge < -0.3 is 10.3 Å². The van der Waals surface area contributed by atoms with E-state index in [1.165, 1.54) is 18.2 Å². The van der Waals surface area contributed by atoms with Crippen LogP contribution in [0.5, 0.6) is 0 Å². The highest BCUT2D eigenvalue weighted by molar-refractivity contribution is 7.89. The normalized spacial score (nSPS) is 11.7. The number of aromatic nitrogens is 1. The first-order valence-electron chi connectivity index (χ1n) is 5.35. The summed E-state index contributed by atoms with van der Waals surface area (Å²) >= 11 is 5.86. The van der Waals surface area contributed by atoms with Crippen molar-refractivity contribution in [3.05, 3.63) is 40.7 Å². The molecule has 3 N–H and O–H groups in total.